The maximum atomic E-state index is 12.7. The van der Waals surface area contributed by atoms with Gasteiger partial charge >= 0.3 is 0 Å². The molecule has 0 unspecified atom stereocenters. The van der Waals surface area contributed by atoms with Crippen LogP contribution in [0.4, 0.5) is 11.4 Å². The lowest BCUT2D eigenvalue weighted by molar-refractivity contribution is 0.100. The monoisotopic (exact) mass is 324 g/mol. The predicted molar refractivity (Wildman–Crippen MR) is 95.7 cm³/mol. The normalized spacial score (nSPS) is 17.8. The van der Waals surface area contributed by atoms with Gasteiger partial charge in [0.25, 0.3) is 5.91 Å². The van der Waals surface area contributed by atoms with Crippen molar-refractivity contribution in [1.29, 1.82) is 0 Å². The third-order valence-electron chi connectivity index (χ3n) is 5.09. The Morgan fingerprint density at radius 3 is 2.67 bits per heavy atom. The summed E-state index contributed by atoms with van der Waals surface area (Å²) in [5.41, 5.74) is 3.61. The summed E-state index contributed by atoms with van der Waals surface area (Å²) in [7, 11) is 0. The minimum Gasteiger partial charge on any atom is -0.371 e. The average molecular weight is 324 g/mol. The number of hydrogen-bond donors (Lipinski definition) is 1. The first-order chi connectivity index (χ1) is 11.7. The van der Waals surface area contributed by atoms with Crippen LogP contribution in [0.15, 0.2) is 30.3 Å². The van der Waals surface area contributed by atoms with Crippen LogP contribution in [0.1, 0.15) is 54.3 Å². The van der Waals surface area contributed by atoms with Gasteiger partial charge in [0, 0.05) is 24.5 Å². The number of nitrogens with one attached hydrogen (secondary N) is 1. The highest BCUT2D eigenvalue weighted by Crippen LogP contribution is 2.32. The fourth-order valence-electron chi connectivity index (χ4n) is 3.55. The van der Waals surface area contributed by atoms with Crippen molar-refractivity contribution in [3.63, 3.8) is 0 Å². The predicted octanol–water partition coefficient (Wildman–Crippen LogP) is 3.77. The Labute approximate surface area is 142 Å². The van der Waals surface area contributed by atoms with E-state index >= 15 is 0 Å². The topological polar surface area (TPSA) is 50.2 Å². The van der Waals surface area contributed by atoms with Crippen LogP contribution in [0.5, 0.6) is 0 Å². The number of aryl methyl sites for hydroxylation is 1. The molecule has 1 aliphatic heterocycles. The molecule has 1 amide bonds. The number of benzene rings is 1. The summed E-state index contributed by atoms with van der Waals surface area (Å²) in [5.74, 6) is -0.0685. The Kier molecular flexibility index (Phi) is 4.00. The van der Waals surface area contributed by atoms with Crippen molar-refractivity contribution in [3.05, 3.63) is 41.7 Å². The number of carbonyl (C=O) groups is 1. The molecule has 1 saturated carbocycles. The third-order valence-corrected chi connectivity index (χ3v) is 5.09. The first kappa shape index (κ1) is 15.2. The number of anilines is 2. The van der Waals surface area contributed by atoms with Crippen LogP contribution in [0, 0.1) is 6.92 Å². The maximum absolute atomic E-state index is 12.7. The van der Waals surface area contributed by atoms with E-state index in [2.05, 4.69) is 27.4 Å². The molecule has 24 heavy (non-hydrogen) atoms. The van der Waals surface area contributed by atoms with Crippen molar-refractivity contribution < 1.29 is 4.79 Å². The maximum Gasteiger partial charge on any atom is 0.273 e. The number of amides is 1. The van der Waals surface area contributed by atoms with E-state index in [4.69, 9.17) is 0 Å². The van der Waals surface area contributed by atoms with Gasteiger partial charge in [-0.3, -0.25) is 9.48 Å². The molecule has 0 spiro atoms. The van der Waals surface area contributed by atoms with Crippen LogP contribution in [0.25, 0.3) is 0 Å². The fraction of sp³-hybridized carbons (Fsp3) is 0.474. The van der Waals surface area contributed by atoms with Crippen LogP contribution in [-0.2, 0) is 0 Å². The smallest absolute Gasteiger partial charge is 0.273 e. The van der Waals surface area contributed by atoms with E-state index in [1.165, 1.54) is 24.9 Å². The highest BCUT2D eigenvalue weighted by molar-refractivity contribution is 6.03. The van der Waals surface area contributed by atoms with Crippen LogP contribution in [0.3, 0.4) is 0 Å². The van der Waals surface area contributed by atoms with Crippen LogP contribution >= 0.6 is 0 Å². The van der Waals surface area contributed by atoms with Crippen LogP contribution in [-0.4, -0.2) is 28.8 Å². The first-order valence-electron chi connectivity index (χ1n) is 8.93. The van der Waals surface area contributed by atoms with Gasteiger partial charge in [-0.05, 0) is 63.3 Å². The highest BCUT2D eigenvalue weighted by Gasteiger charge is 2.25. The van der Waals surface area contributed by atoms with E-state index in [-0.39, 0.29) is 5.91 Å². The van der Waals surface area contributed by atoms with Gasteiger partial charge in [-0.2, -0.15) is 5.10 Å². The molecular formula is C19H24N4O. The lowest BCUT2D eigenvalue weighted by atomic mass is 9.93. The number of carbonyl (C=O) groups excluding carboxylic acids is 1. The lowest BCUT2D eigenvalue weighted by Crippen LogP contribution is -2.25. The molecule has 2 aromatic rings. The first-order valence-corrected chi connectivity index (χ1v) is 8.93. The van der Waals surface area contributed by atoms with Gasteiger partial charge in [-0.1, -0.05) is 6.07 Å². The van der Waals surface area contributed by atoms with Gasteiger partial charge < -0.3 is 10.2 Å². The Morgan fingerprint density at radius 1 is 1.17 bits per heavy atom. The zero-order chi connectivity index (χ0) is 16.5. The molecule has 1 N–H and O–H groups in total. The zero-order valence-corrected chi connectivity index (χ0v) is 14.2. The lowest BCUT2D eigenvalue weighted by Gasteiger charge is -2.27. The quantitative estimate of drug-likeness (QED) is 0.931. The van der Waals surface area contributed by atoms with Gasteiger partial charge in [-0.15, -0.1) is 0 Å². The molecule has 0 radical (unpaired) electrons. The summed E-state index contributed by atoms with van der Waals surface area (Å²) >= 11 is 0. The number of aromatic nitrogens is 2. The number of hydrogen-bond acceptors (Lipinski definition) is 3. The zero-order valence-electron chi connectivity index (χ0n) is 14.2. The summed E-state index contributed by atoms with van der Waals surface area (Å²) in [6.45, 7) is 4.15. The summed E-state index contributed by atoms with van der Waals surface area (Å²) in [6, 6.07) is 10.4. The van der Waals surface area contributed by atoms with E-state index in [1.807, 2.05) is 29.8 Å². The van der Waals surface area contributed by atoms with Crippen molar-refractivity contribution in [2.45, 2.75) is 45.1 Å². The molecule has 2 fully saturated rings. The Hall–Kier alpha value is -2.30. The molecular weight excluding hydrogens is 300 g/mol. The van der Waals surface area contributed by atoms with Crippen molar-refractivity contribution >= 4 is 17.3 Å². The Morgan fingerprint density at radius 2 is 1.96 bits per heavy atom. The minimum absolute atomic E-state index is 0.0685. The van der Waals surface area contributed by atoms with E-state index in [9.17, 15) is 4.79 Å². The number of rotatable bonds is 4. The van der Waals surface area contributed by atoms with Gasteiger partial charge in [0.05, 0.1) is 11.7 Å². The van der Waals surface area contributed by atoms with E-state index in [1.54, 1.807) is 0 Å². The molecule has 0 atom stereocenters. The SMILES string of the molecule is Cc1cc(C(=O)Nc2cccc(N3CCCC3)c2)n(C2CCC2)n1. The molecule has 1 aliphatic carbocycles. The van der Waals surface area contributed by atoms with Crippen molar-refractivity contribution in [3.8, 4) is 0 Å². The second-order valence-electron chi connectivity index (χ2n) is 6.90. The van der Waals surface area contributed by atoms with Gasteiger partial charge in [-0.25, -0.2) is 0 Å². The molecule has 2 heterocycles. The van der Waals surface area contributed by atoms with Gasteiger partial charge in [0.1, 0.15) is 5.69 Å². The van der Waals surface area contributed by atoms with Crippen molar-refractivity contribution in [2.75, 3.05) is 23.3 Å². The molecule has 5 heteroatoms. The van der Waals surface area contributed by atoms with E-state index in [0.717, 1.165) is 37.3 Å². The Bertz CT molecular complexity index is 742. The standard InChI is InChI=1S/C19H24N4O/c1-14-12-18(23(21-14)16-7-5-8-16)19(24)20-15-6-4-9-17(13-15)22-10-2-3-11-22/h4,6,9,12-13,16H,2-3,5,7-8,10-11H2,1H3,(H,20,24). The average Bonchev–Trinajstić information content (AvgIpc) is 3.16. The minimum atomic E-state index is -0.0685. The molecule has 1 aromatic heterocycles. The summed E-state index contributed by atoms with van der Waals surface area (Å²) in [6.07, 6.45) is 5.95. The second kappa shape index (κ2) is 6.30. The highest BCUT2D eigenvalue weighted by atomic mass is 16.2. The van der Waals surface area contributed by atoms with Crippen LogP contribution in [0.2, 0.25) is 0 Å². The second-order valence-corrected chi connectivity index (χ2v) is 6.90. The molecule has 1 saturated heterocycles. The molecule has 5 nitrogen and oxygen atoms in total. The molecule has 2 aliphatic rings. The molecule has 1 aromatic carbocycles. The molecule has 0 bridgehead atoms. The summed E-state index contributed by atoms with van der Waals surface area (Å²) in [4.78, 5) is 15.1. The van der Waals surface area contributed by atoms with Gasteiger partial charge in [0.15, 0.2) is 0 Å². The summed E-state index contributed by atoms with van der Waals surface area (Å²) in [5, 5.41) is 7.58. The molecule has 4 rings (SSSR count). The fourth-order valence-corrected chi connectivity index (χ4v) is 3.55. The number of nitrogens with zero attached hydrogens (tertiary/aromatic N) is 3. The van der Waals surface area contributed by atoms with Crippen LogP contribution < -0.4 is 10.2 Å². The summed E-state index contributed by atoms with van der Waals surface area (Å²) < 4.78 is 1.92. The van der Waals surface area contributed by atoms with Gasteiger partial charge in [0.2, 0.25) is 0 Å². The Balaban J connectivity index is 1.53. The van der Waals surface area contributed by atoms with Crippen molar-refractivity contribution in [2.24, 2.45) is 0 Å². The molecule has 126 valence electrons. The third kappa shape index (κ3) is 2.90. The van der Waals surface area contributed by atoms with Crippen molar-refractivity contribution in [1.82, 2.24) is 9.78 Å². The van der Waals surface area contributed by atoms with E-state index in [0.29, 0.717) is 11.7 Å². The van der Waals surface area contributed by atoms with E-state index < -0.39 is 0 Å². The largest absolute Gasteiger partial charge is 0.371 e.